The summed E-state index contributed by atoms with van der Waals surface area (Å²) in [5.41, 5.74) is 0.591. The van der Waals surface area contributed by atoms with Gasteiger partial charge >= 0.3 is 5.97 Å². The first-order valence-electron chi connectivity index (χ1n) is 8.27. The van der Waals surface area contributed by atoms with E-state index in [0.717, 1.165) is 4.47 Å². The van der Waals surface area contributed by atoms with Crippen molar-refractivity contribution < 1.29 is 19.1 Å². The van der Waals surface area contributed by atoms with Gasteiger partial charge in [0.1, 0.15) is 31.8 Å². The molecule has 1 amide bonds. The number of nitrogens with zero attached hydrogens (tertiary/aromatic N) is 4. The van der Waals surface area contributed by atoms with Crippen molar-refractivity contribution in [1.82, 2.24) is 20.2 Å². The van der Waals surface area contributed by atoms with Crippen LogP contribution in [-0.2, 0) is 16.1 Å². The van der Waals surface area contributed by atoms with Gasteiger partial charge in [-0.25, -0.2) is 9.48 Å². The van der Waals surface area contributed by atoms with Crippen molar-refractivity contribution in [2.24, 2.45) is 0 Å². The van der Waals surface area contributed by atoms with E-state index in [1.165, 1.54) is 11.0 Å². The number of carbonyl (C=O) groups is 2. The van der Waals surface area contributed by atoms with E-state index in [1.54, 1.807) is 24.3 Å². The average Bonchev–Trinajstić information content (AvgIpc) is 3.18. The van der Waals surface area contributed by atoms with Crippen molar-refractivity contribution in [3.63, 3.8) is 0 Å². The molecule has 1 N–H and O–H groups in total. The van der Waals surface area contributed by atoms with Crippen molar-refractivity contribution in [2.45, 2.75) is 6.54 Å². The molecule has 0 radical (unpaired) electrons. The van der Waals surface area contributed by atoms with Gasteiger partial charge in [0, 0.05) is 4.47 Å². The lowest BCUT2D eigenvalue weighted by Crippen LogP contribution is -2.21. The molecule has 2 aromatic carbocycles. The molecular weight excluding hydrogens is 430 g/mol. The number of para-hydroxylation sites is 1. The first-order valence-corrected chi connectivity index (χ1v) is 9.06. The van der Waals surface area contributed by atoms with Crippen LogP contribution < -0.4 is 10.1 Å². The fourth-order valence-corrected chi connectivity index (χ4v) is 2.67. The van der Waals surface area contributed by atoms with E-state index in [2.05, 4.69) is 36.8 Å². The summed E-state index contributed by atoms with van der Waals surface area (Å²) in [5.74, 6) is -0.262. The molecule has 0 aliphatic heterocycles. The number of nitrogens with one attached hydrogen (secondary N) is 1. The van der Waals surface area contributed by atoms with Gasteiger partial charge < -0.3 is 14.8 Å². The summed E-state index contributed by atoms with van der Waals surface area (Å²) >= 11 is 3.36. The van der Waals surface area contributed by atoms with Crippen molar-refractivity contribution in [1.29, 1.82) is 0 Å². The minimum absolute atomic E-state index is 0.0677. The molecule has 0 spiro atoms. The molecule has 0 aliphatic rings. The first kappa shape index (κ1) is 19.5. The molecule has 0 saturated carbocycles. The van der Waals surface area contributed by atoms with Crippen LogP contribution in [-0.4, -0.2) is 45.3 Å². The summed E-state index contributed by atoms with van der Waals surface area (Å²) in [6, 6.07) is 13.9. The smallest absolute Gasteiger partial charge is 0.340 e. The maximum absolute atomic E-state index is 12.4. The molecule has 0 unspecified atom stereocenters. The molecule has 0 bridgehead atoms. The predicted octanol–water partition coefficient (Wildman–Crippen LogP) is 2.31. The van der Waals surface area contributed by atoms with E-state index >= 15 is 0 Å². The zero-order valence-corrected chi connectivity index (χ0v) is 16.2. The monoisotopic (exact) mass is 445 g/mol. The van der Waals surface area contributed by atoms with E-state index in [9.17, 15) is 9.59 Å². The average molecular weight is 446 g/mol. The summed E-state index contributed by atoms with van der Waals surface area (Å²) in [6.45, 7) is 0.200. The molecule has 0 atom stereocenters. The van der Waals surface area contributed by atoms with Gasteiger partial charge in [0.25, 0.3) is 0 Å². The van der Waals surface area contributed by atoms with Crippen LogP contribution in [0.1, 0.15) is 10.4 Å². The highest BCUT2D eigenvalue weighted by Gasteiger charge is 2.15. The van der Waals surface area contributed by atoms with E-state index in [4.69, 9.17) is 9.47 Å². The number of amides is 1. The summed E-state index contributed by atoms with van der Waals surface area (Å²) in [4.78, 5) is 24.5. The number of halogens is 1. The van der Waals surface area contributed by atoms with Gasteiger partial charge in [-0.15, -0.1) is 5.10 Å². The van der Waals surface area contributed by atoms with Gasteiger partial charge in [-0.3, -0.25) is 4.79 Å². The van der Waals surface area contributed by atoms with Gasteiger partial charge in [-0.05, 0) is 40.8 Å². The normalized spacial score (nSPS) is 10.3. The van der Waals surface area contributed by atoms with E-state index < -0.39 is 5.97 Å². The minimum atomic E-state index is -0.559. The number of benzene rings is 2. The van der Waals surface area contributed by atoms with Gasteiger partial charge in [0.05, 0.1) is 11.3 Å². The molecule has 1 aromatic heterocycles. The third-order valence-corrected chi connectivity index (χ3v) is 3.99. The predicted molar refractivity (Wildman–Crippen MR) is 103 cm³/mol. The SMILES string of the molecule is O=C(Cn1cnnn1)Nc1ccccc1C(=O)OCCOc1cccc(Br)c1. The maximum Gasteiger partial charge on any atom is 0.340 e. The van der Waals surface area contributed by atoms with Crippen LogP contribution in [0.5, 0.6) is 5.75 Å². The molecule has 144 valence electrons. The molecule has 0 saturated heterocycles. The number of carbonyl (C=O) groups excluding carboxylic acids is 2. The lowest BCUT2D eigenvalue weighted by molar-refractivity contribution is -0.116. The molecule has 3 rings (SSSR count). The van der Waals surface area contributed by atoms with Crippen LogP contribution >= 0.6 is 15.9 Å². The number of ether oxygens (including phenoxy) is 2. The summed E-state index contributed by atoms with van der Waals surface area (Å²) < 4.78 is 12.9. The van der Waals surface area contributed by atoms with Gasteiger partial charge in [-0.1, -0.05) is 34.1 Å². The second-order valence-electron chi connectivity index (χ2n) is 5.54. The summed E-state index contributed by atoms with van der Waals surface area (Å²) in [7, 11) is 0. The fraction of sp³-hybridized carbons (Fsp3) is 0.167. The van der Waals surface area contributed by atoms with Crippen molar-refractivity contribution in [2.75, 3.05) is 18.5 Å². The number of hydrogen-bond acceptors (Lipinski definition) is 7. The number of rotatable bonds is 8. The van der Waals surface area contributed by atoms with Crippen molar-refractivity contribution in [3.05, 3.63) is 64.9 Å². The second kappa shape index (κ2) is 9.60. The third kappa shape index (κ3) is 5.61. The fourth-order valence-electron chi connectivity index (χ4n) is 2.29. The molecule has 9 nitrogen and oxygen atoms in total. The zero-order chi connectivity index (χ0) is 19.8. The van der Waals surface area contributed by atoms with E-state index in [0.29, 0.717) is 11.4 Å². The Hall–Kier alpha value is -3.27. The molecule has 1 heterocycles. The third-order valence-electron chi connectivity index (χ3n) is 3.50. The number of aromatic nitrogens is 4. The van der Waals surface area contributed by atoms with Crippen LogP contribution in [0, 0.1) is 0 Å². The van der Waals surface area contributed by atoms with Gasteiger partial charge in [-0.2, -0.15) is 0 Å². The Bertz CT molecular complexity index is 949. The Balaban J connectivity index is 1.52. The molecule has 3 aromatic rings. The number of tetrazole rings is 1. The van der Waals surface area contributed by atoms with E-state index in [1.807, 2.05) is 24.3 Å². The van der Waals surface area contributed by atoms with Crippen molar-refractivity contribution in [3.8, 4) is 5.75 Å². The number of hydrogen-bond donors (Lipinski definition) is 1. The molecular formula is C18H16BrN5O4. The lowest BCUT2D eigenvalue weighted by atomic mass is 10.2. The van der Waals surface area contributed by atoms with E-state index in [-0.39, 0.29) is 31.2 Å². The minimum Gasteiger partial charge on any atom is -0.490 e. The highest BCUT2D eigenvalue weighted by molar-refractivity contribution is 9.10. The Kier molecular flexibility index (Phi) is 6.68. The van der Waals surface area contributed by atoms with Gasteiger partial charge in [0.15, 0.2) is 0 Å². The molecule has 0 fully saturated rings. The molecule has 28 heavy (non-hydrogen) atoms. The van der Waals surface area contributed by atoms with Crippen LogP contribution in [0.15, 0.2) is 59.3 Å². The Morgan fingerprint density at radius 1 is 1.11 bits per heavy atom. The van der Waals surface area contributed by atoms with Crippen molar-refractivity contribution >= 4 is 33.5 Å². The molecule has 10 heteroatoms. The Morgan fingerprint density at radius 3 is 2.75 bits per heavy atom. The number of esters is 1. The quantitative estimate of drug-likeness (QED) is 0.418. The lowest BCUT2D eigenvalue weighted by Gasteiger charge is -2.11. The number of anilines is 1. The van der Waals surface area contributed by atoms with Gasteiger partial charge in [0.2, 0.25) is 5.91 Å². The topological polar surface area (TPSA) is 108 Å². The van der Waals surface area contributed by atoms with Crippen LogP contribution in [0.25, 0.3) is 0 Å². The standard InChI is InChI=1S/C18H16BrN5O4/c19-13-4-3-5-14(10-13)27-8-9-28-18(26)15-6-1-2-7-16(15)21-17(25)11-24-12-20-22-23-24/h1-7,10,12H,8-9,11H2,(H,21,25). The summed E-state index contributed by atoms with van der Waals surface area (Å²) in [5, 5.41) is 13.2. The van der Waals surface area contributed by atoms with Crippen LogP contribution in [0.3, 0.4) is 0 Å². The largest absolute Gasteiger partial charge is 0.490 e. The maximum atomic E-state index is 12.4. The Morgan fingerprint density at radius 2 is 1.96 bits per heavy atom. The second-order valence-corrected chi connectivity index (χ2v) is 6.46. The first-order chi connectivity index (χ1) is 13.6. The highest BCUT2D eigenvalue weighted by atomic mass is 79.9. The van der Waals surface area contributed by atoms with Crippen LogP contribution in [0.2, 0.25) is 0 Å². The Labute approximate surface area is 168 Å². The molecule has 0 aliphatic carbocycles. The summed E-state index contributed by atoms with van der Waals surface area (Å²) in [6.07, 6.45) is 1.32. The zero-order valence-electron chi connectivity index (χ0n) is 14.6. The highest BCUT2D eigenvalue weighted by Crippen LogP contribution is 2.18. The van der Waals surface area contributed by atoms with Crippen LogP contribution in [0.4, 0.5) is 5.69 Å².